The van der Waals surface area contributed by atoms with Crippen molar-refractivity contribution in [3.63, 3.8) is 0 Å². The predicted octanol–water partition coefficient (Wildman–Crippen LogP) is 3.81. The Morgan fingerprint density at radius 2 is 2.00 bits per heavy atom. The van der Waals surface area contributed by atoms with Crippen molar-refractivity contribution < 1.29 is 9.84 Å². The van der Waals surface area contributed by atoms with E-state index in [4.69, 9.17) is 4.74 Å². The highest BCUT2D eigenvalue weighted by Crippen LogP contribution is 2.22. The zero-order valence-electron chi connectivity index (χ0n) is 19.7. The van der Waals surface area contributed by atoms with Gasteiger partial charge < -0.3 is 20.1 Å². The number of likely N-dealkylation sites (N-methyl/N-ethyl adjacent to an activating group) is 1. The van der Waals surface area contributed by atoms with Crippen molar-refractivity contribution in [2.24, 2.45) is 0 Å². The molecule has 1 saturated carbocycles. The normalized spacial score (nSPS) is 16.1. The molecule has 1 aromatic carbocycles. The lowest BCUT2D eigenvalue weighted by Gasteiger charge is -2.32. The fourth-order valence-corrected chi connectivity index (χ4v) is 4.62. The standard InChI is InChI=1S/C25H40N4O2/c1-5-29-20(3)25(19(2)27-29)16-26-15-21-10-9-13-24(14-21)31-18-23(30)17-28(4)22-11-7-6-8-12-22/h9-10,13-14,22-23,26,30H,5-8,11-12,15-18H2,1-4H3. The van der Waals surface area contributed by atoms with Crippen molar-refractivity contribution in [2.45, 2.75) is 84.7 Å². The van der Waals surface area contributed by atoms with E-state index in [1.165, 1.54) is 48.9 Å². The van der Waals surface area contributed by atoms with Crippen LogP contribution in [-0.2, 0) is 19.6 Å². The number of aromatic nitrogens is 2. The van der Waals surface area contributed by atoms with Crippen LogP contribution in [0, 0.1) is 13.8 Å². The van der Waals surface area contributed by atoms with Gasteiger partial charge in [0.2, 0.25) is 0 Å². The second-order valence-corrected chi connectivity index (χ2v) is 8.91. The number of nitrogens with one attached hydrogen (secondary N) is 1. The molecular weight excluding hydrogens is 388 g/mol. The smallest absolute Gasteiger partial charge is 0.119 e. The van der Waals surface area contributed by atoms with Crippen molar-refractivity contribution in [3.05, 3.63) is 46.8 Å². The average Bonchev–Trinajstić information content (AvgIpc) is 3.06. The molecule has 6 nitrogen and oxygen atoms in total. The monoisotopic (exact) mass is 428 g/mol. The molecule has 2 N–H and O–H groups in total. The minimum atomic E-state index is -0.477. The molecule has 2 aromatic rings. The number of aliphatic hydroxyl groups excluding tert-OH is 1. The Morgan fingerprint density at radius 1 is 1.23 bits per heavy atom. The van der Waals surface area contributed by atoms with E-state index in [-0.39, 0.29) is 0 Å². The van der Waals surface area contributed by atoms with Crippen LogP contribution < -0.4 is 10.1 Å². The van der Waals surface area contributed by atoms with Gasteiger partial charge in [0.05, 0.1) is 5.69 Å². The fraction of sp³-hybridized carbons (Fsp3) is 0.640. The first-order chi connectivity index (χ1) is 15.0. The number of ether oxygens (including phenoxy) is 1. The summed E-state index contributed by atoms with van der Waals surface area (Å²) < 4.78 is 7.95. The Morgan fingerprint density at radius 3 is 2.71 bits per heavy atom. The lowest BCUT2D eigenvalue weighted by Crippen LogP contribution is -2.40. The van der Waals surface area contributed by atoms with Gasteiger partial charge in [0.25, 0.3) is 0 Å². The van der Waals surface area contributed by atoms with Gasteiger partial charge in [-0.1, -0.05) is 31.4 Å². The van der Waals surface area contributed by atoms with Crippen molar-refractivity contribution in [1.82, 2.24) is 20.0 Å². The highest BCUT2D eigenvalue weighted by atomic mass is 16.5. The van der Waals surface area contributed by atoms with Crippen LogP contribution in [0.2, 0.25) is 0 Å². The van der Waals surface area contributed by atoms with E-state index in [9.17, 15) is 5.11 Å². The Labute approximate surface area is 187 Å². The van der Waals surface area contributed by atoms with Crippen LogP contribution in [0.15, 0.2) is 24.3 Å². The van der Waals surface area contributed by atoms with Crippen LogP contribution in [0.25, 0.3) is 0 Å². The fourth-order valence-electron chi connectivity index (χ4n) is 4.62. The van der Waals surface area contributed by atoms with E-state index >= 15 is 0 Å². The summed E-state index contributed by atoms with van der Waals surface area (Å²) in [6.45, 7) is 9.77. The Kier molecular flexibility index (Phi) is 8.93. The summed E-state index contributed by atoms with van der Waals surface area (Å²) in [6, 6.07) is 8.73. The van der Waals surface area contributed by atoms with Gasteiger partial charge in [-0.25, -0.2) is 0 Å². The quantitative estimate of drug-likeness (QED) is 0.570. The largest absolute Gasteiger partial charge is 0.491 e. The van der Waals surface area contributed by atoms with E-state index in [0.717, 1.165) is 31.1 Å². The molecular formula is C25H40N4O2. The zero-order chi connectivity index (χ0) is 22.2. The molecule has 0 aliphatic heterocycles. The summed E-state index contributed by atoms with van der Waals surface area (Å²) in [5.74, 6) is 0.810. The van der Waals surface area contributed by atoms with Gasteiger partial charge in [0.15, 0.2) is 0 Å². The Balaban J connectivity index is 1.44. The number of aliphatic hydroxyl groups is 1. The molecule has 0 bridgehead atoms. The predicted molar refractivity (Wildman–Crippen MR) is 125 cm³/mol. The minimum absolute atomic E-state index is 0.322. The third kappa shape index (κ3) is 6.79. The topological polar surface area (TPSA) is 62.6 Å². The average molecular weight is 429 g/mol. The highest BCUT2D eigenvalue weighted by molar-refractivity contribution is 5.29. The summed E-state index contributed by atoms with van der Waals surface area (Å²) in [4.78, 5) is 2.30. The van der Waals surface area contributed by atoms with Crippen molar-refractivity contribution in [3.8, 4) is 5.75 Å². The maximum Gasteiger partial charge on any atom is 0.119 e. The summed E-state index contributed by atoms with van der Waals surface area (Å²) in [5.41, 5.74) is 4.77. The molecule has 0 amide bonds. The minimum Gasteiger partial charge on any atom is -0.491 e. The first-order valence-corrected chi connectivity index (χ1v) is 11.8. The van der Waals surface area contributed by atoms with Crippen LogP contribution in [0.4, 0.5) is 0 Å². The molecule has 0 spiro atoms. The van der Waals surface area contributed by atoms with E-state index in [1.807, 2.05) is 12.1 Å². The lowest BCUT2D eigenvalue weighted by molar-refractivity contribution is 0.0561. The van der Waals surface area contributed by atoms with Crippen LogP contribution in [0.3, 0.4) is 0 Å². The third-order valence-electron chi connectivity index (χ3n) is 6.50. The number of aryl methyl sites for hydroxylation is 2. The molecule has 3 rings (SSSR count). The second kappa shape index (κ2) is 11.7. The molecule has 31 heavy (non-hydrogen) atoms. The van der Waals surface area contributed by atoms with Gasteiger partial charge in [-0.15, -0.1) is 0 Å². The Hall–Kier alpha value is -1.89. The number of benzene rings is 1. The molecule has 1 aliphatic carbocycles. The summed E-state index contributed by atoms with van der Waals surface area (Å²) in [5, 5.41) is 18.6. The molecule has 0 saturated heterocycles. The highest BCUT2D eigenvalue weighted by Gasteiger charge is 2.20. The molecule has 1 heterocycles. The first-order valence-electron chi connectivity index (χ1n) is 11.8. The summed E-state index contributed by atoms with van der Waals surface area (Å²) in [6.07, 6.45) is 5.98. The first kappa shape index (κ1) is 23.8. The van der Waals surface area contributed by atoms with E-state index < -0.39 is 6.10 Å². The van der Waals surface area contributed by atoms with Crippen molar-refractivity contribution in [1.29, 1.82) is 0 Å². The van der Waals surface area contributed by atoms with Gasteiger partial charge in [-0.05, 0) is 58.4 Å². The maximum absolute atomic E-state index is 10.4. The van der Waals surface area contributed by atoms with Gasteiger partial charge in [-0.2, -0.15) is 5.10 Å². The Bertz CT molecular complexity index is 814. The summed E-state index contributed by atoms with van der Waals surface area (Å²) >= 11 is 0. The molecule has 1 unspecified atom stereocenters. The number of hydrogen-bond acceptors (Lipinski definition) is 5. The number of nitrogens with zero attached hydrogens (tertiary/aromatic N) is 3. The third-order valence-corrected chi connectivity index (χ3v) is 6.50. The maximum atomic E-state index is 10.4. The van der Waals surface area contributed by atoms with Crippen LogP contribution in [0.5, 0.6) is 5.75 Å². The molecule has 0 radical (unpaired) electrons. The van der Waals surface area contributed by atoms with Crippen LogP contribution in [0.1, 0.15) is 61.5 Å². The molecule has 1 fully saturated rings. The molecule has 6 heteroatoms. The molecule has 172 valence electrons. The van der Waals surface area contributed by atoms with E-state index in [1.54, 1.807) is 0 Å². The number of rotatable bonds is 11. The second-order valence-electron chi connectivity index (χ2n) is 8.91. The molecule has 1 aliphatic rings. The van der Waals surface area contributed by atoms with E-state index in [0.29, 0.717) is 19.2 Å². The van der Waals surface area contributed by atoms with Gasteiger partial charge in [0, 0.05) is 43.5 Å². The molecule has 1 atom stereocenters. The van der Waals surface area contributed by atoms with Crippen LogP contribution >= 0.6 is 0 Å². The van der Waals surface area contributed by atoms with Gasteiger partial charge in [-0.3, -0.25) is 4.68 Å². The van der Waals surface area contributed by atoms with Gasteiger partial charge >= 0.3 is 0 Å². The summed E-state index contributed by atoms with van der Waals surface area (Å²) in [7, 11) is 2.12. The van der Waals surface area contributed by atoms with Gasteiger partial charge in [0.1, 0.15) is 18.5 Å². The van der Waals surface area contributed by atoms with Crippen molar-refractivity contribution >= 4 is 0 Å². The zero-order valence-corrected chi connectivity index (χ0v) is 19.7. The lowest BCUT2D eigenvalue weighted by atomic mass is 9.94. The van der Waals surface area contributed by atoms with Crippen molar-refractivity contribution in [2.75, 3.05) is 20.2 Å². The molecule has 1 aromatic heterocycles. The SMILES string of the molecule is CCn1nc(C)c(CNCc2cccc(OCC(O)CN(C)C3CCCCC3)c2)c1C. The van der Waals surface area contributed by atoms with E-state index in [2.05, 4.69) is 59.9 Å². The van der Waals surface area contributed by atoms with Crippen LogP contribution in [-0.4, -0.2) is 52.1 Å². The number of hydrogen-bond donors (Lipinski definition) is 2.